The summed E-state index contributed by atoms with van der Waals surface area (Å²) in [6.07, 6.45) is 4.05. The summed E-state index contributed by atoms with van der Waals surface area (Å²) in [5.41, 5.74) is 2.88. The van der Waals surface area contributed by atoms with E-state index in [0.717, 1.165) is 33.2 Å². The van der Waals surface area contributed by atoms with E-state index < -0.39 is 0 Å². The van der Waals surface area contributed by atoms with Crippen LogP contribution >= 0.6 is 15.9 Å². The summed E-state index contributed by atoms with van der Waals surface area (Å²) < 4.78 is 14.4. The molecular weight excluding hydrogens is 432 g/mol. The van der Waals surface area contributed by atoms with E-state index in [1.807, 2.05) is 43.3 Å². The van der Waals surface area contributed by atoms with Crippen LogP contribution in [0.5, 0.6) is 5.75 Å². The van der Waals surface area contributed by atoms with Crippen LogP contribution in [0.2, 0.25) is 0 Å². The molecular formula is C23H25BrN2O3. The van der Waals surface area contributed by atoms with Gasteiger partial charge in [0.25, 0.3) is 0 Å². The molecule has 0 N–H and O–H groups in total. The number of hydrogen-bond donors (Lipinski definition) is 0. The zero-order valence-electron chi connectivity index (χ0n) is 16.6. The first-order valence-electron chi connectivity index (χ1n) is 10.2. The smallest absolute Gasteiger partial charge is 0.310 e. The van der Waals surface area contributed by atoms with Crippen LogP contribution in [0.1, 0.15) is 37.4 Å². The maximum Gasteiger partial charge on any atom is 0.310 e. The minimum atomic E-state index is -0.243. The normalized spacial score (nSPS) is 14.0. The zero-order chi connectivity index (χ0) is 20.2. The summed E-state index contributed by atoms with van der Waals surface area (Å²) in [4.78, 5) is 11.9. The number of halogens is 1. The molecule has 1 heterocycles. The highest BCUT2D eigenvalue weighted by molar-refractivity contribution is 9.10. The van der Waals surface area contributed by atoms with Crippen molar-refractivity contribution in [3.63, 3.8) is 0 Å². The standard InChI is InChI=1S/C23H25BrN2O3/c1-2-28-23(27)12-17-8-3-4-9-22(17)29-15-21-19-13-18(24)10-11-20(19)25-26(21)14-16-6-5-7-16/h3-4,8-11,13,16H,2,5-7,12,14-15H2,1H3. The van der Waals surface area contributed by atoms with Gasteiger partial charge in [-0.05, 0) is 49.9 Å². The van der Waals surface area contributed by atoms with Crippen molar-refractivity contribution in [1.82, 2.24) is 9.78 Å². The number of benzene rings is 2. The molecule has 0 saturated heterocycles. The number of aromatic nitrogens is 2. The fourth-order valence-corrected chi connectivity index (χ4v) is 4.04. The van der Waals surface area contributed by atoms with Crippen LogP contribution in [-0.2, 0) is 29.1 Å². The molecule has 0 unspecified atom stereocenters. The van der Waals surface area contributed by atoms with E-state index in [1.54, 1.807) is 0 Å². The predicted octanol–water partition coefficient (Wildman–Crippen LogP) is 5.28. The van der Waals surface area contributed by atoms with Crippen LogP contribution in [0.3, 0.4) is 0 Å². The summed E-state index contributed by atoms with van der Waals surface area (Å²) in [6.45, 7) is 3.52. The zero-order valence-corrected chi connectivity index (χ0v) is 18.2. The number of fused-ring (bicyclic) bond motifs is 1. The molecule has 0 radical (unpaired) electrons. The SMILES string of the molecule is CCOC(=O)Cc1ccccc1OCc1c2cc(Br)ccc2nn1CC1CCC1. The first-order chi connectivity index (χ1) is 14.1. The summed E-state index contributed by atoms with van der Waals surface area (Å²) in [5, 5.41) is 5.92. The Bertz CT molecular complexity index is 1010. The van der Waals surface area contributed by atoms with Crippen LogP contribution in [-0.4, -0.2) is 22.4 Å². The second-order valence-corrected chi connectivity index (χ2v) is 8.38. The van der Waals surface area contributed by atoms with Crippen LogP contribution in [0.4, 0.5) is 0 Å². The van der Waals surface area contributed by atoms with Gasteiger partial charge in [0.15, 0.2) is 0 Å². The molecule has 0 bridgehead atoms. The number of ether oxygens (including phenoxy) is 2. The Balaban J connectivity index is 1.58. The van der Waals surface area contributed by atoms with Crippen molar-refractivity contribution in [2.75, 3.05) is 6.61 Å². The molecule has 5 nitrogen and oxygen atoms in total. The highest BCUT2D eigenvalue weighted by atomic mass is 79.9. The van der Waals surface area contributed by atoms with Gasteiger partial charge in [-0.3, -0.25) is 9.48 Å². The maximum absolute atomic E-state index is 11.9. The minimum absolute atomic E-state index is 0.206. The molecule has 1 aliphatic carbocycles. The number of nitrogens with zero attached hydrogens (tertiary/aromatic N) is 2. The molecule has 4 rings (SSSR count). The van der Waals surface area contributed by atoms with Crippen molar-refractivity contribution in [1.29, 1.82) is 0 Å². The van der Waals surface area contributed by atoms with Crippen molar-refractivity contribution in [2.45, 2.75) is 45.8 Å². The number of para-hydroxylation sites is 1. The number of carbonyl (C=O) groups excluding carboxylic acids is 1. The maximum atomic E-state index is 11.9. The molecule has 1 aromatic heterocycles. The third-order valence-corrected chi connectivity index (χ3v) is 5.94. The lowest BCUT2D eigenvalue weighted by molar-refractivity contribution is -0.142. The third-order valence-electron chi connectivity index (χ3n) is 5.44. The predicted molar refractivity (Wildman–Crippen MR) is 116 cm³/mol. The number of rotatable bonds is 8. The quantitative estimate of drug-likeness (QED) is 0.432. The van der Waals surface area contributed by atoms with Crippen LogP contribution < -0.4 is 4.74 Å². The van der Waals surface area contributed by atoms with Gasteiger partial charge >= 0.3 is 5.97 Å². The van der Waals surface area contributed by atoms with Gasteiger partial charge in [-0.2, -0.15) is 5.10 Å². The van der Waals surface area contributed by atoms with Gasteiger partial charge < -0.3 is 9.47 Å². The average Bonchev–Trinajstić information content (AvgIpc) is 3.01. The van der Waals surface area contributed by atoms with E-state index in [4.69, 9.17) is 14.6 Å². The van der Waals surface area contributed by atoms with Crippen molar-refractivity contribution >= 4 is 32.8 Å². The van der Waals surface area contributed by atoms with Crippen molar-refractivity contribution < 1.29 is 14.3 Å². The largest absolute Gasteiger partial charge is 0.487 e. The molecule has 0 aliphatic heterocycles. The number of hydrogen-bond acceptors (Lipinski definition) is 4. The van der Waals surface area contributed by atoms with E-state index in [0.29, 0.717) is 24.9 Å². The second kappa shape index (κ2) is 8.99. The first kappa shape index (κ1) is 20.0. The van der Waals surface area contributed by atoms with Gasteiger partial charge in [0.1, 0.15) is 12.4 Å². The van der Waals surface area contributed by atoms with Crippen LogP contribution in [0.25, 0.3) is 10.9 Å². The minimum Gasteiger partial charge on any atom is -0.487 e. The van der Waals surface area contributed by atoms with E-state index in [1.165, 1.54) is 19.3 Å². The van der Waals surface area contributed by atoms with E-state index in [2.05, 4.69) is 26.7 Å². The van der Waals surface area contributed by atoms with Crippen molar-refractivity contribution in [3.8, 4) is 5.75 Å². The molecule has 1 aliphatic rings. The molecule has 3 aromatic rings. The highest BCUT2D eigenvalue weighted by Gasteiger charge is 2.21. The Labute approximate surface area is 179 Å². The Morgan fingerprint density at radius 3 is 2.83 bits per heavy atom. The van der Waals surface area contributed by atoms with Gasteiger partial charge in [0, 0.05) is 22.0 Å². The summed E-state index contributed by atoms with van der Waals surface area (Å²) >= 11 is 3.57. The summed E-state index contributed by atoms with van der Waals surface area (Å²) in [5.74, 6) is 1.16. The molecule has 0 spiro atoms. The van der Waals surface area contributed by atoms with Gasteiger partial charge in [-0.1, -0.05) is 40.5 Å². The molecule has 29 heavy (non-hydrogen) atoms. The molecule has 6 heteroatoms. The van der Waals surface area contributed by atoms with E-state index >= 15 is 0 Å². The van der Waals surface area contributed by atoms with Crippen molar-refractivity contribution in [3.05, 3.63) is 58.2 Å². The molecule has 152 valence electrons. The lowest BCUT2D eigenvalue weighted by atomic mass is 9.85. The highest BCUT2D eigenvalue weighted by Crippen LogP contribution is 2.31. The lowest BCUT2D eigenvalue weighted by Crippen LogP contribution is -2.20. The van der Waals surface area contributed by atoms with Crippen LogP contribution in [0.15, 0.2) is 46.9 Å². The Morgan fingerprint density at radius 1 is 1.24 bits per heavy atom. The van der Waals surface area contributed by atoms with Crippen molar-refractivity contribution in [2.24, 2.45) is 5.92 Å². The lowest BCUT2D eigenvalue weighted by Gasteiger charge is -2.26. The average molecular weight is 457 g/mol. The number of esters is 1. The van der Waals surface area contributed by atoms with E-state index in [9.17, 15) is 4.79 Å². The topological polar surface area (TPSA) is 53.4 Å². The third kappa shape index (κ3) is 4.64. The van der Waals surface area contributed by atoms with E-state index in [-0.39, 0.29) is 12.4 Å². The van der Waals surface area contributed by atoms with Gasteiger partial charge in [0.2, 0.25) is 0 Å². The Kier molecular flexibility index (Phi) is 6.19. The number of carbonyl (C=O) groups is 1. The fraction of sp³-hybridized carbons (Fsp3) is 0.391. The molecule has 1 fully saturated rings. The summed E-state index contributed by atoms with van der Waals surface area (Å²) in [7, 11) is 0. The van der Waals surface area contributed by atoms with Gasteiger partial charge in [-0.25, -0.2) is 0 Å². The van der Waals surface area contributed by atoms with Gasteiger partial charge in [-0.15, -0.1) is 0 Å². The Morgan fingerprint density at radius 2 is 2.07 bits per heavy atom. The molecule has 1 saturated carbocycles. The fourth-order valence-electron chi connectivity index (χ4n) is 3.68. The van der Waals surface area contributed by atoms with Crippen LogP contribution in [0, 0.1) is 5.92 Å². The first-order valence-corrected chi connectivity index (χ1v) is 10.9. The molecule has 0 amide bonds. The second-order valence-electron chi connectivity index (χ2n) is 7.47. The monoisotopic (exact) mass is 456 g/mol. The molecule has 0 atom stereocenters. The molecule has 2 aromatic carbocycles. The summed E-state index contributed by atoms with van der Waals surface area (Å²) in [6, 6.07) is 13.8. The van der Waals surface area contributed by atoms with Gasteiger partial charge in [0.05, 0.1) is 24.2 Å². The Hall–Kier alpha value is -2.34.